The number of hydrogen-bond donors (Lipinski definition) is 1. The topological polar surface area (TPSA) is 59.3 Å². The Kier molecular flexibility index (Phi) is 4.88. The highest BCUT2D eigenvalue weighted by molar-refractivity contribution is 6.30. The number of carbonyl (C=O) groups excluding carboxylic acids is 1. The van der Waals surface area contributed by atoms with Crippen LogP contribution in [0.1, 0.15) is 39.7 Å². The smallest absolute Gasteiger partial charge is 0.323 e. The molecule has 0 atom stereocenters. The minimum Gasteiger partial charge on any atom is -0.480 e. The zero-order chi connectivity index (χ0) is 19.0. The van der Waals surface area contributed by atoms with Crippen LogP contribution >= 0.6 is 11.6 Å². The van der Waals surface area contributed by atoms with Gasteiger partial charge in [-0.1, -0.05) is 18.5 Å². The Hall–Kier alpha value is -2.59. The van der Waals surface area contributed by atoms with Gasteiger partial charge in [0.1, 0.15) is 6.54 Å². The van der Waals surface area contributed by atoms with E-state index in [9.17, 15) is 14.7 Å². The second-order valence-electron chi connectivity index (χ2n) is 6.43. The van der Waals surface area contributed by atoms with Gasteiger partial charge in [-0.05, 0) is 67.8 Å². The average Bonchev–Trinajstić information content (AvgIpc) is 2.85. The van der Waals surface area contributed by atoms with E-state index in [4.69, 9.17) is 11.6 Å². The van der Waals surface area contributed by atoms with Crippen molar-refractivity contribution in [3.05, 3.63) is 69.4 Å². The summed E-state index contributed by atoms with van der Waals surface area (Å²) in [5.41, 5.74) is 4.77. The number of fused-ring (bicyclic) bond motifs is 1. The Morgan fingerprint density at radius 2 is 1.77 bits per heavy atom. The number of carboxylic acids is 1. The molecule has 0 amide bonds. The number of halogens is 1. The molecule has 2 aromatic carbocycles. The molecule has 134 valence electrons. The predicted octanol–water partition coefficient (Wildman–Crippen LogP) is 4.79. The van der Waals surface area contributed by atoms with Gasteiger partial charge in [0.05, 0.1) is 5.56 Å². The molecular weight excluding hydrogens is 350 g/mol. The van der Waals surface area contributed by atoms with E-state index in [2.05, 4.69) is 6.92 Å². The van der Waals surface area contributed by atoms with Crippen molar-refractivity contribution in [1.82, 2.24) is 4.57 Å². The van der Waals surface area contributed by atoms with E-state index in [1.807, 2.05) is 19.1 Å². The second kappa shape index (κ2) is 6.96. The molecule has 0 aliphatic rings. The maximum absolute atomic E-state index is 13.2. The van der Waals surface area contributed by atoms with Crippen molar-refractivity contribution in [3.63, 3.8) is 0 Å². The summed E-state index contributed by atoms with van der Waals surface area (Å²) < 4.78 is 1.71. The molecule has 0 saturated heterocycles. The summed E-state index contributed by atoms with van der Waals surface area (Å²) >= 11 is 5.92. The number of aromatic nitrogens is 1. The number of ketones is 1. The number of aryl methyl sites for hydroxylation is 2. The van der Waals surface area contributed by atoms with Gasteiger partial charge >= 0.3 is 5.97 Å². The summed E-state index contributed by atoms with van der Waals surface area (Å²) in [6.07, 6.45) is 0.847. The number of nitrogens with zero attached hydrogens (tertiary/aromatic N) is 1. The molecule has 0 unspecified atom stereocenters. The second-order valence-corrected chi connectivity index (χ2v) is 6.86. The third kappa shape index (κ3) is 3.13. The summed E-state index contributed by atoms with van der Waals surface area (Å²) in [7, 11) is 0. The van der Waals surface area contributed by atoms with Crippen molar-refractivity contribution in [2.24, 2.45) is 0 Å². The van der Waals surface area contributed by atoms with Gasteiger partial charge < -0.3 is 9.67 Å². The fourth-order valence-electron chi connectivity index (χ4n) is 3.43. The van der Waals surface area contributed by atoms with Crippen molar-refractivity contribution in [2.45, 2.75) is 33.7 Å². The minimum atomic E-state index is -0.936. The first-order chi connectivity index (χ1) is 12.3. The maximum atomic E-state index is 13.2. The Morgan fingerprint density at radius 1 is 1.12 bits per heavy atom. The van der Waals surface area contributed by atoms with Crippen LogP contribution in [0.4, 0.5) is 0 Å². The molecule has 0 aliphatic carbocycles. The van der Waals surface area contributed by atoms with E-state index >= 15 is 0 Å². The number of hydrogen-bond acceptors (Lipinski definition) is 2. The molecule has 26 heavy (non-hydrogen) atoms. The number of carbonyl (C=O) groups is 2. The summed E-state index contributed by atoms with van der Waals surface area (Å²) in [5, 5.41) is 10.7. The van der Waals surface area contributed by atoms with E-state index in [0.717, 1.165) is 28.5 Å². The van der Waals surface area contributed by atoms with Gasteiger partial charge in [0, 0.05) is 27.2 Å². The quantitative estimate of drug-likeness (QED) is 0.658. The third-order valence-electron chi connectivity index (χ3n) is 4.79. The van der Waals surface area contributed by atoms with E-state index in [0.29, 0.717) is 21.8 Å². The van der Waals surface area contributed by atoms with E-state index in [1.165, 1.54) is 0 Å². The fourth-order valence-corrected chi connectivity index (χ4v) is 3.55. The molecule has 0 radical (unpaired) electrons. The predicted molar refractivity (Wildman–Crippen MR) is 103 cm³/mol. The Bertz CT molecular complexity index is 1020. The highest BCUT2D eigenvalue weighted by Crippen LogP contribution is 2.31. The highest BCUT2D eigenvalue weighted by atomic mass is 35.5. The van der Waals surface area contributed by atoms with Gasteiger partial charge in [0.2, 0.25) is 0 Å². The molecule has 1 heterocycles. The lowest BCUT2D eigenvalue weighted by atomic mass is 9.97. The van der Waals surface area contributed by atoms with Gasteiger partial charge in [0.25, 0.3) is 0 Å². The van der Waals surface area contributed by atoms with Gasteiger partial charge in [0.15, 0.2) is 5.78 Å². The highest BCUT2D eigenvalue weighted by Gasteiger charge is 2.23. The molecule has 0 saturated carbocycles. The zero-order valence-electron chi connectivity index (χ0n) is 15.0. The average molecular weight is 370 g/mol. The van der Waals surface area contributed by atoms with Crippen LogP contribution in [-0.4, -0.2) is 21.4 Å². The molecule has 5 heteroatoms. The lowest BCUT2D eigenvalue weighted by Gasteiger charge is -2.07. The summed E-state index contributed by atoms with van der Waals surface area (Å²) in [5.74, 6) is -1.06. The monoisotopic (exact) mass is 369 g/mol. The van der Waals surface area contributed by atoms with E-state index in [-0.39, 0.29) is 12.3 Å². The molecule has 0 fully saturated rings. The van der Waals surface area contributed by atoms with Gasteiger partial charge in [-0.15, -0.1) is 0 Å². The van der Waals surface area contributed by atoms with Crippen LogP contribution in [0.5, 0.6) is 0 Å². The SMILES string of the molecule is CCc1cc2c(cc1C)c(C(=O)c1ccc(Cl)cc1)c(C)n2CC(=O)O. The minimum absolute atomic E-state index is 0.128. The van der Waals surface area contributed by atoms with Gasteiger partial charge in [-0.25, -0.2) is 0 Å². The van der Waals surface area contributed by atoms with Crippen molar-refractivity contribution < 1.29 is 14.7 Å². The Morgan fingerprint density at radius 3 is 2.35 bits per heavy atom. The summed E-state index contributed by atoms with van der Waals surface area (Å²) in [4.78, 5) is 24.5. The lowest BCUT2D eigenvalue weighted by Crippen LogP contribution is -2.11. The van der Waals surface area contributed by atoms with Crippen molar-refractivity contribution >= 4 is 34.3 Å². The number of carboxylic acid groups (broad SMARTS) is 1. The van der Waals surface area contributed by atoms with E-state index < -0.39 is 5.97 Å². The Labute approximate surface area is 157 Å². The molecule has 3 rings (SSSR count). The zero-order valence-corrected chi connectivity index (χ0v) is 15.7. The molecule has 4 nitrogen and oxygen atoms in total. The van der Waals surface area contributed by atoms with Crippen LogP contribution in [-0.2, 0) is 17.8 Å². The van der Waals surface area contributed by atoms with Crippen molar-refractivity contribution in [1.29, 1.82) is 0 Å². The molecule has 1 aromatic heterocycles. The first-order valence-electron chi connectivity index (χ1n) is 8.47. The van der Waals surface area contributed by atoms with Gasteiger partial charge in [-0.2, -0.15) is 0 Å². The number of rotatable bonds is 5. The molecule has 0 spiro atoms. The largest absolute Gasteiger partial charge is 0.480 e. The lowest BCUT2D eigenvalue weighted by molar-refractivity contribution is -0.137. The molecule has 0 bridgehead atoms. The van der Waals surface area contributed by atoms with Crippen LogP contribution in [0, 0.1) is 13.8 Å². The maximum Gasteiger partial charge on any atom is 0.323 e. The van der Waals surface area contributed by atoms with Crippen LogP contribution in [0.15, 0.2) is 36.4 Å². The van der Waals surface area contributed by atoms with Crippen LogP contribution in [0.3, 0.4) is 0 Å². The number of aliphatic carboxylic acids is 1. The fraction of sp³-hybridized carbons (Fsp3) is 0.238. The summed E-state index contributed by atoms with van der Waals surface area (Å²) in [6, 6.07) is 10.7. The van der Waals surface area contributed by atoms with Crippen LogP contribution < -0.4 is 0 Å². The van der Waals surface area contributed by atoms with Crippen LogP contribution in [0.25, 0.3) is 10.9 Å². The first kappa shape index (κ1) is 18.2. The number of benzene rings is 2. The molecule has 1 N–H and O–H groups in total. The van der Waals surface area contributed by atoms with Gasteiger partial charge in [-0.3, -0.25) is 9.59 Å². The van der Waals surface area contributed by atoms with Crippen molar-refractivity contribution in [3.8, 4) is 0 Å². The molecule has 0 aliphatic heterocycles. The van der Waals surface area contributed by atoms with Crippen LogP contribution in [0.2, 0.25) is 5.02 Å². The standard InChI is InChI=1S/C21H20ClNO3/c1-4-14-10-18-17(9-12(14)2)20(13(3)23(18)11-19(24)25)21(26)15-5-7-16(22)8-6-15/h5-10H,4,11H2,1-3H3,(H,24,25). The normalized spacial score (nSPS) is 11.1. The Balaban J connectivity index is 2.28. The molecular formula is C21H20ClNO3. The first-order valence-corrected chi connectivity index (χ1v) is 8.85. The van der Waals surface area contributed by atoms with Crippen molar-refractivity contribution in [2.75, 3.05) is 0 Å². The van der Waals surface area contributed by atoms with E-state index in [1.54, 1.807) is 35.8 Å². The summed E-state index contributed by atoms with van der Waals surface area (Å²) in [6.45, 7) is 5.69. The molecule has 3 aromatic rings. The third-order valence-corrected chi connectivity index (χ3v) is 5.04.